The molecular weight excluding hydrogens is 234 g/mol. The van der Waals surface area contributed by atoms with Gasteiger partial charge in [-0.25, -0.2) is 4.99 Å². The van der Waals surface area contributed by atoms with E-state index < -0.39 is 0 Å². The molecule has 2 nitrogen and oxygen atoms in total. The van der Waals surface area contributed by atoms with Gasteiger partial charge in [0.05, 0.1) is 6.04 Å². The first-order chi connectivity index (χ1) is 9.33. The van der Waals surface area contributed by atoms with Crippen molar-refractivity contribution in [3.8, 4) is 0 Å². The lowest BCUT2D eigenvalue weighted by Crippen LogP contribution is -2.24. The van der Waals surface area contributed by atoms with Gasteiger partial charge in [0.25, 0.3) is 0 Å². The van der Waals surface area contributed by atoms with Gasteiger partial charge in [0, 0.05) is 12.0 Å². The number of rotatable bonds is 2. The average molecular weight is 251 g/mol. The summed E-state index contributed by atoms with van der Waals surface area (Å²) in [6.45, 7) is 2.10. The summed E-state index contributed by atoms with van der Waals surface area (Å²) in [4.78, 5) is 4.77. The molecule has 2 aromatic rings. The Labute approximate surface area is 113 Å². The second-order valence-corrected chi connectivity index (χ2v) is 4.89. The molecule has 0 spiro atoms. The first-order valence-electron chi connectivity index (χ1n) is 6.68. The lowest BCUT2D eigenvalue weighted by Gasteiger charge is -2.27. The Bertz CT molecular complexity index is 562. The molecule has 1 aliphatic heterocycles. The first-order valence-corrected chi connectivity index (χ1v) is 6.68. The highest BCUT2D eigenvalue weighted by Gasteiger charge is 2.23. The monoisotopic (exact) mass is 251 g/mol. The lowest BCUT2D eigenvalue weighted by molar-refractivity contribution is 0.168. The highest BCUT2D eigenvalue weighted by atomic mass is 16.5. The van der Waals surface area contributed by atoms with E-state index in [4.69, 9.17) is 9.73 Å². The molecule has 0 aliphatic carbocycles. The number of aliphatic imine (C=N–C) groups is 1. The minimum Gasteiger partial charge on any atom is -0.474 e. The molecular formula is C17H17NO. The third-order valence-electron chi connectivity index (χ3n) is 3.35. The van der Waals surface area contributed by atoms with E-state index in [2.05, 4.69) is 31.2 Å². The van der Waals surface area contributed by atoms with Gasteiger partial charge in [-0.15, -0.1) is 0 Å². The average Bonchev–Trinajstić information content (AvgIpc) is 2.48. The topological polar surface area (TPSA) is 21.6 Å². The van der Waals surface area contributed by atoms with Crippen molar-refractivity contribution in [2.75, 3.05) is 0 Å². The van der Waals surface area contributed by atoms with E-state index in [1.165, 1.54) is 5.56 Å². The van der Waals surface area contributed by atoms with Crippen molar-refractivity contribution in [3.05, 3.63) is 71.8 Å². The van der Waals surface area contributed by atoms with E-state index in [1.54, 1.807) is 0 Å². The smallest absolute Gasteiger partial charge is 0.216 e. The van der Waals surface area contributed by atoms with E-state index in [-0.39, 0.29) is 12.1 Å². The highest BCUT2D eigenvalue weighted by Crippen LogP contribution is 2.29. The fourth-order valence-corrected chi connectivity index (χ4v) is 2.39. The number of benzene rings is 2. The molecule has 1 aliphatic rings. The minimum atomic E-state index is 0.193. The van der Waals surface area contributed by atoms with Gasteiger partial charge in [-0.2, -0.15) is 0 Å². The molecule has 0 fully saturated rings. The molecule has 0 saturated heterocycles. The molecule has 0 radical (unpaired) electrons. The predicted molar refractivity (Wildman–Crippen MR) is 77.3 cm³/mol. The van der Waals surface area contributed by atoms with Crippen LogP contribution in [0.25, 0.3) is 0 Å². The number of hydrogen-bond donors (Lipinski definition) is 0. The molecule has 1 unspecified atom stereocenters. The van der Waals surface area contributed by atoms with Gasteiger partial charge in [-0.05, 0) is 24.6 Å². The predicted octanol–water partition coefficient (Wildman–Crippen LogP) is 3.98. The summed E-state index contributed by atoms with van der Waals surface area (Å²) >= 11 is 0. The third kappa shape index (κ3) is 2.68. The molecule has 2 atom stereocenters. The van der Waals surface area contributed by atoms with Crippen LogP contribution in [-0.4, -0.2) is 12.0 Å². The molecule has 0 saturated carbocycles. The molecule has 96 valence electrons. The van der Waals surface area contributed by atoms with Gasteiger partial charge < -0.3 is 4.74 Å². The zero-order valence-corrected chi connectivity index (χ0v) is 11.0. The standard InChI is InChI=1S/C17H17NO/c1-13-12-16(14-8-4-2-5-9-14)18-17(19-13)15-10-6-3-7-11-15/h2-11,13,16H,12H2,1H3/t13?,16-/m0/s1. The van der Waals surface area contributed by atoms with Crippen LogP contribution in [0, 0.1) is 0 Å². The van der Waals surface area contributed by atoms with Crippen LogP contribution in [-0.2, 0) is 4.74 Å². The Balaban J connectivity index is 1.95. The van der Waals surface area contributed by atoms with Gasteiger partial charge >= 0.3 is 0 Å². The number of nitrogens with zero attached hydrogens (tertiary/aromatic N) is 1. The van der Waals surface area contributed by atoms with Gasteiger partial charge in [-0.1, -0.05) is 48.5 Å². The van der Waals surface area contributed by atoms with Gasteiger partial charge in [0.15, 0.2) is 0 Å². The third-order valence-corrected chi connectivity index (χ3v) is 3.35. The highest BCUT2D eigenvalue weighted by molar-refractivity contribution is 5.94. The maximum absolute atomic E-state index is 5.87. The molecule has 0 N–H and O–H groups in total. The Kier molecular flexibility index (Phi) is 3.32. The van der Waals surface area contributed by atoms with Crippen molar-refractivity contribution >= 4 is 5.90 Å². The Morgan fingerprint density at radius 3 is 2.26 bits per heavy atom. The lowest BCUT2D eigenvalue weighted by atomic mass is 10.0. The summed E-state index contributed by atoms with van der Waals surface area (Å²) in [6.07, 6.45) is 1.12. The van der Waals surface area contributed by atoms with Crippen molar-refractivity contribution in [1.82, 2.24) is 0 Å². The van der Waals surface area contributed by atoms with Gasteiger partial charge in [-0.3, -0.25) is 0 Å². The Morgan fingerprint density at radius 2 is 1.58 bits per heavy atom. The Morgan fingerprint density at radius 1 is 0.947 bits per heavy atom. The quantitative estimate of drug-likeness (QED) is 0.791. The fraction of sp³-hybridized carbons (Fsp3) is 0.235. The normalized spacial score (nSPS) is 22.5. The molecule has 1 heterocycles. The summed E-state index contributed by atoms with van der Waals surface area (Å²) in [5.41, 5.74) is 2.31. The van der Waals surface area contributed by atoms with Crippen LogP contribution in [0.5, 0.6) is 0 Å². The first kappa shape index (κ1) is 12.0. The van der Waals surface area contributed by atoms with Crippen molar-refractivity contribution < 1.29 is 4.74 Å². The van der Waals surface area contributed by atoms with Crippen LogP contribution < -0.4 is 0 Å². The summed E-state index contributed by atoms with van der Waals surface area (Å²) in [5, 5.41) is 0. The Hall–Kier alpha value is -2.09. The summed E-state index contributed by atoms with van der Waals surface area (Å²) in [7, 11) is 0. The van der Waals surface area contributed by atoms with Gasteiger partial charge in [0.1, 0.15) is 6.10 Å². The summed E-state index contributed by atoms with van der Waals surface area (Å²) < 4.78 is 5.87. The van der Waals surface area contributed by atoms with Crippen molar-refractivity contribution in [2.24, 2.45) is 4.99 Å². The van der Waals surface area contributed by atoms with E-state index in [0.29, 0.717) is 0 Å². The second kappa shape index (κ2) is 5.27. The van der Waals surface area contributed by atoms with E-state index in [1.807, 2.05) is 36.4 Å². The second-order valence-electron chi connectivity index (χ2n) is 4.89. The van der Waals surface area contributed by atoms with E-state index >= 15 is 0 Å². The van der Waals surface area contributed by atoms with E-state index in [9.17, 15) is 0 Å². The molecule has 0 bridgehead atoms. The zero-order chi connectivity index (χ0) is 13.1. The van der Waals surface area contributed by atoms with Crippen molar-refractivity contribution in [3.63, 3.8) is 0 Å². The fourth-order valence-electron chi connectivity index (χ4n) is 2.39. The number of hydrogen-bond acceptors (Lipinski definition) is 2. The molecule has 19 heavy (non-hydrogen) atoms. The van der Waals surface area contributed by atoms with E-state index in [0.717, 1.165) is 17.9 Å². The SMILES string of the molecule is CC1C[C@@H](c2ccccc2)N=C(c2ccccc2)O1. The molecule has 2 heteroatoms. The molecule has 0 aromatic heterocycles. The van der Waals surface area contributed by atoms with Crippen LogP contribution in [0.4, 0.5) is 0 Å². The number of ether oxygens (including phenoxy) is 1. The van der Waals surface area contributed by atoms with Gasteiger partial charge in [0.2, 0.25) is 5.90 Å². The molecule has 2 aromatic carbocycles. The molecule has 0 amide bonds. The van der Waals surface area contributed by atoms with Crippen LogP contribution in [0.2, 0.25) is 0 Å². The minimum absolute atomic E-state index is 0.193. The summed E-state index contributed by atoms with van der Waals surface area (Å²) in [6, 6.07) is 20.7. The zero-order valence-electron chi connectivity index (χ0n) is 11.0. The maximum Gasteiger partial charge on any atom is 0.216 e. The van der Waals surface area contributed by atoms with Crippen molar-refractivity contribution in [1.29, 1.82) is 0 Å². The van der Waals surface area contributed by atoms with Crippen LogP contribution >= 0.6 is 0 Å². The van der Waals surface area contributed by atoms with Crippen LogP contribution in [0.15, 0.2) is 65.7 Å². The van der Waals surface area contributed by atoms with Crippen LogP contribution in [0.1, 0.15) is 30.5 Å². The maximum atomic E-state index is 5.87. The molecule has 3 rings (SSSR count). The van der Waals surface area contributed by atoms with Crippen molar-refractivity contribution in [2.45, 2.75) is 25.5 Å². The largest absolute Gasteiger partial charge is 0.474 e. The summed E-state index contributed by atoms with van der Waals surface area (Å²) in [5.74, 6) is 0.758. The van der Waals surface area contributed by atoms with Crippen LogP contribution in [0.3, 0.4) is 0 Å².